The van der Waals surface area contributed by atoms with E-state index in [1.807, 2.05) is 0 Å². The van der Waals surface area contributed by atoms with Crippen molar-refractivity contribution in [2.75, 3.05) is 0 Å². The third-order valence-corrected chi connectivity index (χ3v) is 4.79. The fraction of sp³-hybridized carbons (Fsp3) is 0. The molecule has 4 heteroatoms. The van der Waals surface area contributed by atoms with Crippen LogP contribution < -0.4 is 0 Å². The molecule has 0 aliphatic heterocycles. The van der Waals surface area contributed by atoms with Gasteiger partial charge >= 0.3 is 39.5 Å². The Hall–Kier alpha value is 0.978. The van der Waals surface area contributed by atoms with Crippen LogP contribution in [0.3, 0.4) is 0 Å². The van der Waals surface area contributed by atoms with E-state index in [2.05, 4.69) is 16.8 Å². The van der Waals surface area contributed by atoms with Crippen molar-refractivity contribution in [2.45, 2.75) is 0 Å². The molecular formula is H5OSi2V. The first-order valence-electron chi connectivity index (χ1n) is 1.01. The van der Waals surface area contributed by atoms with Crippen LogP contribution in [0.1, 0.15) is 0 Å². The van der Waals surface area contributed by atoms with Crippen LogP contribution in [-0.2, 0) is 20.9 Å². The van der Waals surface area contributed by atoms with Crippen molar-refractivity contribution in [1.82, 2.24) is 0 Å². The molecule has 0 saturated carbocycles. The summed E-state index contributed by atoms with van der Waals surface area (Å²) in [7, 11) is 0.859. The van der Waals surface area contributed by atoms with Gasteiger partial charge in [-0.25, -0.2) is 0 Å². The average molecular weight is 128 g/mol. The van der Waals surface area contributed by atoms with Gasteiger partial charge in [0.15, 0.2) is 0 Å². The summed E-state index contributed by atoms with van der Waals surface area (Å²) in [4.78, 5) is 0. The Bertz CT molecular complexity index is 8.00. The van der Waals surface area contributed by atoms with Crippen LogP contribution in [0.15, 0.2) is 0 Å². The summed E-state index contributed by atoms with van der Waals surface area (Å²) in [5, 5.41) is 0. The summed E-state index contributed by atoms with van der Waals surface area (Å²) in [5.74, 6) is 0. The molecule has 0 atom stereocenters. The Morgan fingerprint density at radius 2 is 2.25 bits per heavy atom. The van der Waals surface area contributed by atoms with Gasteiger partial charge in [0.2, 0.25) is 0 Å². The molecule has 24 valence electrons. The van der Waals surface area contributed by atoms with E-state index < -0.39 is 0 Å². The van der Waals surface area contributed by atoms with E-state index in [0.717, 1.165) is 10.5 Å². The molecule has 0 aromatic heterocycles. The van der Waals surface area contributed by atoms with E-state index in [4.69, 9.17) is 4.12 Å². The van der Waals surface area contributed by atoms with E-state index >= 15 is 0 Å². The maximum atomic E-state index is 4.79. The van der Waals surface area contributed by atoms with Crippen LogP contribution in [0.2, 0.25) is 0 Å². The molecule has 0 aliphatic rings. The standard InChI is InChI=1S/H5OSi2.V/c2-1-3;/h2H2,3H3;. The second-order valence-corrected chi connectivity index (χ2v) is 4.19. The zero-order valence-corrected chi connectivity index (χ0v) is 7.37. The minimum absolute atomic E-state index is 0.0764. The second kappa shape index (κ2) is 3.98. The summed E-state index contributed by atoms with van der Waals surface area (Å²) in [6.07, 6.45) is 0. The van der Waals surface area contributed by atoms with Crippen LogP contribution >= 0.6 is 0 Å². The first-order valence-corrected chi connectivity index (χ1v) is 6.00. The van der Waals surface area contributed by atoms with Gasteiger partial charge in [-0.3, -0.25) is 0 Å². The molecule has 0 aromatic carbocycles. The SMILES string of the molecule is [SiH3]O[SiH2][V]. The molecule has 0 rings (SSSR count). The van der Waals surface area contributed by atoms with Gasteiger partial charge in [0.25, 0.3) is 0 Å². The monoisotopic (exact) mass is 128 g/mol. The first-order chi connectivity index (χ1) is 1.91. The molecular weight excluding hydrogens is 123 g/mol. The van der Waals surface area contributed by atoms with Crippen molar-refractivity contribution in [3.63, 3.8) is 0 Å². The van der Waals surface area contributed by atoms with Crippen molar-refractivity contribution in [2.24, 2.45) is 0 Å². The molecule has 0 bridgehead atoms. The zero-order valence-electron chi connectivity index (χ0n) is 2.56. The van der Waals surface area contributed by atoms with Crippen LogP contribution in [0.5, 0.6) is 0 Å². The molecule has 0 saturated heterocycles. The molecule has 0 spiro atoms. The first kappa shape index (κ1) is 4.98. The summed E-state index contributed by atoms with van der Waals surface area (Å²) in [6, 6.07) is 0. The molecule has 1 nitrogen and oxygen atoms in total. The molecule has 0 radical (unpaired) electrons. The van der Waals surface area contributed by atoms with Crippen LogP contribution in [0.25, 0.3) is 0 Å². The molecule has 0 N–H and O–H groups in total. The van der Waals surface area contributed by atoms with Gasteiger partial charge in [0.1, 0.15) is 0 Å². The van der Waals surface area contributed by atoms with Gasteiger partial charge < -0.3 is 0 Å². The van der Waals surface area contributed by atoms with Crippen molar-refractivity contribution >= 4 is 18.6 Å². The van der Waals surface area contributed by atoms with Crippen LogP contribution in [0, 0.1) is 0 Å². The van der Waals surface area contributed by atoms with Crippen LogP contribution in [-0.4, -0.2) is 18.6 Å². The van der Waals surface area contributed by atoms with Gasteiger partial charge in [-0.15, -0.1) is 0 Å². The van der Waals surface area contributed by atoms with Gasteiger partial charge in [-0.2, -0.15) is 0 Å². The van der Waals surface area contributed by atoms with Crippen LogP contribution in [0.4, 0.5) is 0 Å². The molecule has 0 aliphatic carbocycles. The molecule has 0 heterocycles. The Morgan fingerprint density at radius 1 is 2.00 bits per heavy atom. The van der Waals surface area contributed by atoms with Gasteiger partial charge in [0.05, 0.1) is 0 Å². The number of rotatable bonds is 1. The predicted octanol–water partition coefficient (Wildman–Crippen LogP) is -2.17. The summed E-state index contributed by atoms with van der Waals surface area (Å²) in [5.41, 5.74) is 0. The average Bonchev–Trinajstić information content (AvgIpc) is 1.37. The van der Waals surface area contributed by atoms with E-state index in [9.17, 15) is 0 Å². The van der Waals surface area contributed by atoms with Crippen molar-refractivity contribution < 1.29 is 20.9 Å². The normalized spacial score (nSPS) is 11.0. The quantitative estimate of drug-likeness (QED) is 0.365. The van der Waals surface area contributed by atoms with Crippen molar-refractivity contribution in [3.8, 4) is 0 Å². The van der Waals surface area contributed by atoms with E-state index in [-0.39, 0.29) is 8.14 Å². The van der Waals surface area contributed by atoms with E-state index in [1.54, 1.807) is 0 Å². The van der Waals surface area contributed by atoms with E-state index in [1.165, 1.54) is 0 Å². The Morgan fingerprint density at radius 3 is 2.25 bits per heavy atom. The minimum atomic E-state index is -0.0764. The summed E-state index contributed by atoms with van der Waals surface area (Å²) in [6.45, 7) is 0. The molecule has 0 unspecified atom stereocenters. The fourth-order valence-corrected chi connectivity index (χ4v) is 0. The summed E-state index contributed by atoms with van der Waals surface area (Å²) >= 11 is 2.49. The molecule has 4 heavy (non-hydrogen) atoms. The molecule has 0 amide bonds. The van der Waals surface area contributed by atoms with Gasteiger partial charge in [-0.1, -0.05) is 0 Å². The van der Waals surface area contributed by atoms with Crippen molar-refractivity contribution in [3.05, 3.63) is 0 Å². The fourth-order valence-electron chi connectivity index (χ4n) is 0. The topological polar surface area (TPSA) is 9.23 Å². The van der Waals surface area contributed by atoms with E-state index in [0.29, 0.717) is 0 Å². The second-order valence-electron chi connectivity index (χ2n) is 0.418. The Labute approximate surface area is 39.9 Å². The third kappa shape index (κ3) is 2.98. The number of hydrogen-bond acceptors (Lipinski definition) is 1. The maximum absolute atomic E-state index is 4.79. The summed E-state index contributed by atoms with van der Waals surface area (Å²) < 4.78 is 4.79. The number of hydrogen-bond donors (Lipinski definition) is 0. The van der Waals surface area contributed by atoms with Gasteiger partial charge in [-0.05, 0) is 0 Å². The Kier molecular flexibility index (Phi) is 4.95. The Balaban J connectivity index is 1.97. The predicted molar refractivity (Wildman–Crippen MR) is 19.6 cm³/mol. The molecule has 0 fully saturated rings. The van der Waals surface area contributed by atoms with Gasteiger partial charge in [0, 0.05) is 0 Å². The third-order valence-electron chi connectivity index (χ3n) is 0.129. The molecule has 0 aromatic rings. The van der Waals surface area contributed by atoms with Crippen molar-refractivity contribution in [1.29, 1.82) is 0 Å². The zero-order chi connectivity index (χ0) is 3.41.